The predicted molar refractivity (Wildman–Crippen MR) is 116 cm³/mol. The van der Waals surface area contributed by atoms with Gasteiger partial charge in [-0.25, -0.2) is 4.79 Å². The van der Waals surface area contributed by atoms with E-state index in [0.29, 0.717) is 19.3 Å². The molecule has 6 N–H and O–H groups in total. The average Bonchev–Trinajstić information content (AvgIpc) is 3.20. The van der Waals surface area contributed by atoms with Crippen molar-refractivity contribution in [1.29, 1.82) is 0 Å². The predicted octanol–water partition coefficient (Wildman–Crippen LogP) is 1.05. The summed E-state index contributed by atoms with van der Waals surface area (Å²) in [4.78, 5) is 52.7. The smallest absolute Gasteiger partial charge is 0.326 e. The first-order valence-corrected chi connectivity index (χ1v) is 10.6. The fourth-order valence-corrected chi connectivity index (χ4v) is 4.75. The number of hydrogen-bond acceptors (Lipinski definition) is 5. The highest BCUT2D eigenvalue weighted by atomic mass is 16.2. The number of aromatic amines is 2. The monoisotopic (exact) mass is 425 g/mol. The van der Waals surface area contributed by atoms with Crippen molar-refractivity contribution in [2.24, 2.45) is 5.92 Å². The number of carbonyl (C=O) groups is 2. The van der Waals surface area contributed by atoms with Crippen LogP contribution < -0.4 is 27.6 Å². The Labute approximate surface area is 178 Å². The molecule has 1 heterocycles. The number of amides is 2. The van der Waals surface area contributed by atoms with Crippen LogP contribution in [0.15, 0.2) is 27.8 Å². The number of carbonyl (C=O) groups excluding carboxylic acids is 2. The zero-order valence-electron chi connectivity index (χ0n) is 17.4. The summed E-state index contributed by atoms with van der Waals surface area (Å²) < 4.78 is 0. The first kappa shape index (κ1) is 20.9. The second-order valence-electron chi connectivity index (χ2n) is 8.47. The molecule has 0 radical (unpaired) electrons. The maximum atomic E-state index is 12.9. The Morgan fingerprint density at radius 2 is 1.90 bits per heavy atom. The number of benzene rings is 1. The van der Waals surface area contributed by atoms with Gasteiger partial charge in [0.1, 0.15) is 11.4 Å². The van der Waals surface area contributed by atoms with Gasteiger partial charge in [0.05, 0.1) is 6.04 Å². The minimum Gasteiger partial charge on any atom is -0.392 e. The highest BCUT2D eigenvalue weighted by Crippen LogP contribution is 2.33. The molecule has 4 rings (SSSR count). The summed E-state index contributed by atoms with van der Waals surface area (Å²) in [7, 11) is 0. The summed E-state index contributed by atoms with van der Waals surface area (Å²) >= 11 is 0. The van der Waals surface area contributed by atoms with Crippen LogP contribution in [0.5, 0.6) is 0 Å². The average molecular weight is 425 g/mol. The van der Waals surface area contributed by atoms with Crippen LogP contribution in [0.25, 0.3) is 0 Å². The topological polar surface area (TPSA) is 150 Å². The molecule has 1 aromatic heterocycles. The molecule has 0 unspecified atom stereocenters. The third-order valence-electron chi connectivity index (χ3n) is 6.40. The molecule has 2 aliphatic carbocycles. The molecule has 0 saturated heterocycles. The van der Waals surface area contributed by atoms with E-state index in [-0.39, 0.29) is 35.3 Å². The molecule has 2 amide bonds. The van der Waals surface area contributed by atoms with Crippen molar-refractivity contribution in [2.75, 3.05) is 5.73 Å². The Morgan fingerprint density at radius 1 is 1.10 bits per heavy atom. The molecule has 0 bridgehead atoms. The van der Waals surface area contributed by atoms with Crippen LogP contribution in [0, 0.1) is 12.8 Å². The summed E-state index contributed by atoms with van der Waals surface area (Å²) in [5.41, 5.74) is 7.22. The van der Waals surface area contributed by atoms with Crippen LogP contribution in [-0.2, 0) is 11.2 Å². The summed E-state index contributed by atoms with van der Waals surface area (Å²) in [5, 5.41) is 5.99. The Kier molecular flexibility index (Phi) is 5.67. The van der Waals surface area contributed by atoms with Gasteiger partial charge >= 0.3 is 5.69 Å². The van der Waals surface area contributed by atoms with Crippen LogP contribution in [-0.4, -0.2) is 27.8 Å². The van der Waals surface area contributed by atoms with Gasteiger partial charge in [0.25, 0.3) is 11.5 Å². The fourth-order valence-electron chi connectivity index (χ4n) is 4.75. The van der Waals surface area contributed by atoms with E-state index in [9.17, 15) is 19.2 Å². The first-order valence-electron chi connectivity index (χ1n) is 10.6. The van der Waals surface area contributed by atoms with Crippen molar-refractivity contribution in [2.45, 2.75) is 57.5 Å². The van der Waals surface area contributed by atoms with Crippen molar-refractivity contribution in [3.8, 4) is 0 Å². The van der Waals surface area contributed by atoms with E-state index in [1.807, 2.05) is 11.1 Å². The van der Waals surface area contributed by atoms with Gasteiger partial charge < -0.3 is 21.4 Å². The number of hydrogen-bond donors (Lipinski definition) is 5. The number of nitrogen functional groups attached to an aromatic ring is 1. The fraction of sp³-hybridized carbons (Fsp3) is 0.455. The molecule has 9 nitrogen and oxygen atoms in total. The number of nitrogens with one attached hydrogen (secondary N) is 4. The largest absolute Gasteiger partial charge is 0.392 e. The quantitative estimate of drug-likeness (QED) is 0.496. The minimum absolute atomic E-state index is 0.000168. The van der Waals surface area contributed by atoms with E-state index >= 15 is 0 Å². The van der Waals surface area contributed by atoms with Crippen LogP contribution in [0.1, 0.15) is 65.3 Å². The van der Waals surface area contributed by atoms with Crippen LogP contribution in [0.2, 0.25) is 0 Å². The van der Waals surface area contributed by atoms with Crippen molar-refractivity contribution in [1.82, 2.24) is 20.6 Å². The lowest BCUT2D eigenvalue weighted by Gasteiger charge is -2.28. The molecule has 1 fully saturated rings. The van der Waals surface area contributed by atoms with Crippen molar-refractivity contribution in [3.05, 3.63) is 61.4 Å². The second kappa shape index (κ2) is 8.41. The lowest BCUT2D eigenvalue weighted by molar-refractivity contribution is -0.125. The van der Waals surface area contributed by atoms with E-state index in [1.165, 1.54) is 16.7 Å². The Morgan fingerprint density at radius 3 is 2.71 bits per heavy atom. The molecular weight excluding hydrogens is 398 g/mol. The van der Waals surface area contributed by atoms with E-state index in [1.54, 1.807) is 0 Å². The highest BCUT2D eigenvalue weighted by molar-refractivity contribution is 5.97. The molecular formula is C22H27N5O4. The molecule has 2 aliphatic rings. The summed E-state index contributed by atoms with van der Waals surface area (Å²) in [6.45, 7) is 2.11. The van der Waals surface area contributed by atoms with Crippen LogP contribution in [0.4, 0.5) is 5.69 Å². The number of aryl methyl sites for hydroxylation is 1. The number of anilines is 1. The van der Waals surface area contributed by atoms with E-state index in [2.05, 4.69) is 34.7 Å². The number of nitrogens with two attached hydrogens (primary N) is 1. The SMILES string of the molecule is Cc1cccc2c1CCC[C@H]2NC(=O)[C@@H]1CC[C@H](NC(=O)c2[nH]c(=O)[nH]c(=O)c2N)C1. The van der Waals surface area contributed by atoms with Crippen LogP contribution >= 0.6 is 0 Å². The number of aromatic nitrogens is 2. The van der Waals surface area contributed by atoms with Crippen molar-refractivity contribution in [3.63, 3.8) is 0 Å². The summed E-state index contributed by atoms with van der Waals surface area (Å²) in [5.74, 6) is -0.820. The molecule has 164 valence electrons. The maximum absolute atomic E-state index is 12.9. The van der Waals surface area contributed by atoms with Gasteiger partial charge in [0.2, 0.25) is 5.91 Å². The van der Waals surface area contributed by atoms with Crippen molar-refractivity contribution >= 4 is 17.5 Å². The number of rotatable bonds is 4. The lowest BCUT2D eigenvalue weighted by Crippen LogP contribution is -2.39. The molecule has 0 spiro atoms. The normalized spacial score (nSPS) is 22.5. The Hall–Kier alpha value is -3.36. The Balaban J connectivity index is 1.38. The van der Waals surface area contributed by atoms with Crippen molar-refractivity contribution < 1.29 is 9.59 Å². The summed E-state index contributed by atoms with van der Waals surface area (Å²) in [6.07, 6.45) is 4.80. The third-order valence-corrected chi connectivity index (χ3v) is 6.40. The molecule has 3 atom stereocenters. The van der Waals surface area contributed by atoms with Gasteiger partial charge in [-0.15, -0.1) is 0 Å². The van der Waals surface area contributed by atoms with Gasteiger partial charge in [-0.2, -0.15) is 0 Å². The van der Waals surface area contributed by atoms with Gasteiger partial charge in [-0.3, -0.25) is 19.4 Å². The Bertz CT molecular complexity index is 1140. The highest BCUT2D eigenvalue weighted by Gasteiger charge is 2.33. The molecule has 31 heavy (non-hydrogen) atoms. The maximum Gasteiger partial charge on any atom is 0.326 e. The van der Waals surface area contributed by atoms with Crippen LogP contribution in [0.3, 0.4) is 0 Å². The van der Waals surface area contributed by atoms with E-state index in [4.69, 9.17) is 5.73 Å². The standard InChI is InChI=1S/C22H27N5O4/c1-11-4-2-6-15-14(11)5-3-7-16(15)25-19(28)12-8-9-13(10-12)24-21(30)18-17(23)20(29)27-22(31)26-18/h2,4,6,12-13,16H,3,5,7-10,23H2,1H3,(H,24,30)(H,25,28)(H2,26,27,29,31)/t12-,13+,16-/m1/s1. The second-order valence-corrected chi connectivity index (χ2v) is 8.47. The lowest BCUT2D eigenvalue weighted by atomic mass is 9.85. The number of fused-ring (bicyclic) bond motifs is 1. The van der Waals surface area contributed by atoms with Gasteiger partial charge in [-0.05, 0) is 62.1 Å². The molecule has 1 saturated carbocycles. The van der Waals surface area contributed by atoms with Gasteiger partial charge in [0.15, 0.2) is 0 Å². The summed E-state index contributed by atoms with van der Waals surface area (Å²) in [6, 6.07) is 6.02. The van der Waals surface area contributed by atoms with Gasteiger partial charge in [0, 0.05) is 12.0 Å². The first-order chi connectivity index (χ1) is 14.8. The van der Waals surface area contributed by atoms with E-state index in [0.717, 1.165) is 19.3 Å². The van der Waals surface area contributed by atoms with Gasteiger partial charge in [-0.1, -0.05) is 18.2 Å². The number of H-pyrrole nitrogens is 2. The third kappa shape index (κ3) is 4.26. The van der Waals surface area contributed by atoms with E-state index < -0.39 is 17.2 Å². The molecule has 1 aromatic carbocycles. The minimum atomic E-state index is -0.805. The molecule has 9 heteroatoms. The zero-order chi connectivity index (χ0) is 22.1. The molecule has 0 aliphatic heterocycles. The molecule has 2 aromatic rings. The zero-order valence-corrected chi connectivity index (χ0v) is 17.4.